The zero-order valence-electron chi connectivity index (χ0n) is 25.4. The number of aliphatic carboxylic acids is 1. The minimum Gasteiger partial charge on any atom is -0.481 e. The lowest BCUT2D eigenvalue weighted by Gasteiger charge is -2.41. The van der Waals surface area contributed by atoms with Gasteiger partial charge in [0.05, 0.1) is 31.2 Å². The predicted molar refractivity (Wildman–Crippen MR) is 166 cm³/mol. The van der Waals surface area contributed by atoms with Crippen LogP contribution in [0, 0.1) is 5.92 Å². The molecule has 1 heterocycles. The average Bonchev–Trinajstić information content (AvgIpc) is 3.02. The van der Waals surface area contributed by atoms with Crippen LogP contribution in [-0.4, -0.2) is 40.9 Å². The first kappa shape index (κ1) is 32.5. The highest BCUT2D eigenvalue weighted by atomic mass is 16.4. The van der Waals surface area contributed by atoms with Crippen LogP contribution >= 0.6 is 0 Å². The van der Waals surface area contributed by atoms with Crippen LogP contribution in [0.3, 0.4) is 0 Å². The Morgan fingerprint density at radius 3 is 1.76 bits per heavy atom. The van der Waals surface area contributed by atoms with Crippen LogP contribution in [0.4, 0.5) is 0 Å². The van der Waals surface area contributed by atoms with E-state index in [9.17, 15) is 20.1 Å². The number of aliphatic hydroxyl groups excluding tert-OH is 1. The number of carboxylic acid groups (broad SMARTS) is 1. The highest BCUT2D eigenvalue weighted by Crippen LogP contribution is 2.40. The van der Waals surface area contributed by atoms with Gasteiger partial charge in [-0.1, -0.05) is 112 Å². The minimum absolute atomic E-state index is 0.153. The number of benzene rings is 3. The Hall–Kier alpha value is -2.99. The Labute approximate surface area is 246 Å². The molecular formula is C36H50NO4+. The molecule has 0 radical (unpaired) electrons. The van der Waals surface area contributed by atoms with Crippen molar-refractivity contribution in [1.82, 2.24) is 0 Å². The standard InChI is InChI=1S/C32H39NO4.C4H10/c1-31(2,30(35)36)25-17-15-24(16-18-25)29(34)14-9-21-33-22-19-28(20-23-33)32(37,26-10-5-3-6-11-26)27-12-7-4-8-13-27;1-3-4-2/h3-8,10-13,15-18,28-29,34,37H,9,14,19-23H2,1-2H3,(H,35,36);3-4H2,1-2H3/p+1. The number of rotatable bonds is 11. The first-order chi connectivity index (χ1) is 19.6. The lowest BCUT2D eigenvalue weighted by molar-refractivity contribution is -0.906. The first-order valence-electron chi connectivity index (χ1n) is 15.3. The monoisotopic (exact) mass is 560 g/mol. The van der Waals surface area contributed by atoms with Gasteiger partial charge in [0, 0.05) is 18.8 Å². The third-order valence-corrected chi connectivity index (χ3v) is 8.77. The topological polar surface area (TPSA) is 82.2 Å². The summed E-state index contributed by atoms with van der Waals surface area (Å²) in [5.74, 6) is -0.710. The molecule has 1 saturated heterocycles. The molecule has 3 aromatic carbocycles. The Bertz CT molecular complexity index is 1130. The summed E-state index contributed by atoms with van der Waals surface area (Å²) in [6, 6.07) is 27.4. The fourth-order valence-electron chi connectivity index (χ4n) is 5.67. The lowest BCUT2D eigenvalue weighted by Crippen LogP contribution is -3.13. The van der Waals surface area contributed by atoms with Crippen LogP contribution in [-0.2, 0) is 15.8 Å². The number of likely N-dealkylation sites (tertiary alicyclic amines) is 1. The number of carboxylic acids is 1. The normalized spacial score (nSPS) is 18.2. The van der Waals surface area contributed by atoms with E-state index in [-0.39, 0.29) is 5.92 Å². The molecule has 0 saturated carbocycles. The van der Waals surface area contributed by atoms with E-state index in [1.165, 1.54) is 17.7 Å². The molecule has 222 valence electrons. The van der Waals surface area contributed by atoms with Crippen LogP contribution in [0.2, 0.25) is 0 Å². The van der Waals surface area contributed by atoms with Crippen LogP contribution in [0.25, 0.3) is 0 Å². The zero-order valence-corrected chi connectivity index (χ0v) is 25.4. The number of hydrogen-bond donors (Lipinski definition) is 4. The number of quaternary nitrogens is 1. The molecule has 4 rings (SSSR count). The Balaban J connectivity index is 0.00000108. The Kier molecular flexibility index (Phi) is 12.1. The van der Waals surface area contributed by atoms with Gasteiger partial charge in [0.1, 0.15) is 5.60 Å². The van der Waals surface area contributed by atoms with Crippen molar-refractivity contribution in [3.05, 3.63) is 107 Å². The second-order valence-electron chi connectivity index (χ2n) is 12.0. The molecule has 1 fully saturated rings. The number of nitrogens with one attached hydrogen (secondary N) is 1. The molecule has 1 unspecified atom stereocenters. The summed E-state index contributed by atoms with van der Waals surface area (Å²) >= 11 is 0. The van der Waals surface area contributed by atoms with Crippen molar-refractivity contribution in [3.63, 3.8) is 0 Å². The van der Waals surface area contributed by atoms with Gasteiger partial charge in [-0.2, -0.15) is 0 Å². The average molecular weight is 561 g/mol. The Morgan fingerprint density at radius 2 is 1.32 bits per heavy atom. The van der Waals surface area contributed by atoms with Gasteiger partial charge in [-0.05, 0) is 48.9 Å². The van der Waals surface area contributed by atoms with E-state index in [0.29, 0.717) is 6.42 Å². The maximum absolute atomic E-state index is 12.1. The summed E-state index contributed by atoms with van der Waals surface area (Å²) in [7, 11) is 0. The van der Waals surface area contributed by atoms with Gasteiger partial charge in [0.2, 0.25) is 0 Å². The largest absolute Gasteiger partial charge is 0.481 e. The van der Waals surface area contributed by atoms with Crippen LogP contribution in [0.15, 0.2) is 84.9 Å². The van der Waals surface area contributed by atoms with Crippen LogP contribution < -0.4 is 4.90 Å². The van der Waals surface area contributed by atoms with E-state index in [2.05, 4.69) is 13.8 Å². The molecule has 0 aliphatic carbocycles. The van der Waals surface area contributed by atoms with E-state index in [4.69, 9.17) is 0 Å². The molecule has 3 aromatic rings. The third kappa shape index (κ3) is 8.28. The minimum atomic E-state index is -0.994. The van der Waals surface area contributed by atoms with Crippen molar-refractivity contribution < 1.29 is 25.0 Å². The number of hydrogen-bond acceptors (Lipinski definition) is 3. The van der Waals surface area contributed by atoms with E-state index in [1.807, 2.05) is 84.9 Å². The molecule has 0 spiro atoms. The predicted octanol–water partition coefficient (Wildman–Crippen LogP) is 5.90. The van der Waals surface area contributed by atoms with E-state index < -0.39 is 23.1 Å². The molecular weight excluding hydrogens is 510 g/mol. The van der Waals surface area contributed by atoms with Crippen LogP contribution in [0.5, 0.6) is 0 Å². The van der Waals surface area contributed by atoms with Gasteiger partial charge in [0.15, 0.2) is 0 Å². The first-order valence-corrected chi connectivity index (χ1v) is 15.3. The van der Waals surface area contributed by atoms with Gasteiger partial charge in [-0.25, -0.2) is 0 Å². The maximum Gasteiger partial charge on any atom is 0.313 e. The highest BCUT2D eigenvalue weighted by molar-refractivity contribution is 5.80. The zero-order chi connectivity index (χ0) is 29.9. The van der Waals surface area contributed by atoms with Crippen molar-refractivity contribution in [2.75, 3.05) is 19.6 Å². The van der Waals surface area contributed by atoms with Crippen molar-refractivity contribution >= 4 is 5.97 Å². The van der Waals surface area contributed by atoms with Crippen molar-refractivity contribution in [2.24, 2.45) is 5.92 Å². The second-order valence-corrected chi connectivity index (χ2v) is 12.0. The molecule has 0 aromatic heterocycles. The molecule has 0 bridgehead atoms. The van der Waals surface area contributed by atoms with E-state index in [0.717, 1.165) is 61.2 Å². The quantitative estimate of drug-likeness (QED) is 0.235. The molecule has 1 atom stereocenters. The molecule has 5 heteroatoms. The Morgan fingerprint density at radius 1 is 0.829 bits per heavy atom. The van der Waals surface area contributed by atoms with Crippen LogP contribution in [0.1, 0.15) is 94.6 Å². The molecule has 1 aliphatic heterocycles. The number of carbonyl (C=O) groups is 1. The molecule has 5 nitrogen and oxygen atoms in total. The van der Waals surface area contributed by atoms with Crippen molar-refractivity contribution in [3.8, 4) is 0 Å². The second kappa shape index (κ2) is 15.3. The lowest BCUT2D eigenvalue weighted by atomic mass is 9.72. The summed E-state index contributed by atoms with van der Waals surface area (Å²) in [6.07, 6.45) is 5.55. The summed E-state index contributed by atoms with van der Waals surface area (Å²) in [5.41, 5.74) is 1.52. The molecule has 1 aliphatic rings. The van der Waals surface area contributed by atoms with Gasteiger partial charge < -0.3 is 20.2 Å². The number of unbranched alkanes of at least 4 members (excludes halogenated alkanes) is 1. The fraction of sp³-hybridized carbons (Fsp3) is 0.472. The number of piperidine rings is 1. The van der Waals surface area contributed by atoms with Gasteiger partial charge in [-0.15, -0.1) is 0 Å². The molecule has 0 amide bonds. The van der Waals surface area contributed by atoms with E-state index >= 15 is 0 Å². The summed E-state index contributed by atoms with van der Waals surface area (Å²) in [5, 5.41) is 32.2. The van der Waals surface area contributed by atoms with Gasteiger partial charge in [0.25, 0.3) is 0 Å². The fourth-order valence-corrected chi connectivity index (χ4v) is 5.67. The smallest absolute Gasteiger partial charge is 0.313 e. The highest BCUT2D eigenvalue weighted by Gasteiger charge is 2.42. The number of aliphatic hydroxyl groups is 2. The van der Waals surface area contributed by atoms with Crippen molar-refractivity contribution in [1.29, 1.82) is 0 Å². The third-order valence-electron chi connectivity index (χ3n) is 8.77. The van der Waals surface area contributed by atoms with Crippen molar-refractivity contribution in [2.45, 2.75) is 83.3 Å². The van der Waals surface area contributed by atoms with Gasteiger partial charge in [-0.3, -0.25) is 4.79 Å². The summed E-state index contributed by atoms with van der Waals surface area (Å²) in [6.45, 7) is 10.7. The summed E-state index contributed by atoms with van der Waals surface area (Å²) in [4.78, 5) is 13.0. The van der Waals surface area contributed by atoms with Gasteiger partial charge >= 0.3 is 5.97 Å². The maximum atomic E-state index is 12.1. The molecule has 4 N–H and O–H groups in total. The SMILES string of the molecule is CC(C)(C(=O)O)c1ccc(C(O)CCC[NH+]2CCC(C(O)(c3ccccc3)c3ccccc3)CC2)cc1.CCCC. The summed E-state index contributed by atoms with van der Waals surface area (Å²) < 4.78 is 0. The molecule has 41 heavy (non-hydrogen) atoms. The van der Waals surface area contributed by atoms with E-state index in [1.54, 1.807) is 13.8 Å².